The smallest absolute Gasteiger partial charge is 0.344 e. The van der Waals surface area contributed by atoms with Crippen molar-refractivity contribution in [3.05, 3.63) is 59.9 Å². The van der Waals surface area contributed by atoms with Gasteiger partial charge in [-0.05, 0) is 31.2 Å². The van der Waals surface area contributed by atoms with Crippen molar-refractivity contribution in [1.29, 1.82) is 0 Å². The molecule has 2 aromatic rings. The highest BCUT2D eigenvalue weighted by molar-refractivity contribution is 7.99. The molecule has 0 atom stereocenters. The lowest BCUT2D eigenvalue weighted by atomic mass is 10.2. The van der Waals surface area contributed by atoms with E-state index in [1.807, 2.05) is 31.2 Å². The number of carbonyl (C=O) groups is 2. The van der Waals surface area contributed by atoms with Crippen molar-refractivity contribution < 1.29 is 23.5 Å². The van der Waals surface area contributed by atoms with E-state index in [2.05, 4.69) is 5.32 Å². The second-order valence-electron chi connectivity index (χ2n) is 5.39. The minimum absolute atomic E-state index is 0.0398. The summed E-state index contributed by atoms with van der Waals surface area (Å²) in [5, 5.41) is 2.66. The van der Waals surface area contributed by atoms with E-state index in [0.717, 1.165) is 4.90 Å². The van der Waals surface area contributed by atoms with Gasteiger partial charge in [0.2, 0.25) is 0 Å². The number of aryl methyl sites for hydroxylation is 1. The third kappa shape index (κ3) is 7.14. The van der Waals surface area contributed by atoms with Gasteiger partial charge in [-0.1, -0.05) is 29.8 Å². The first kappa shape index (κ1) is 19.8. The summed E-state index contributed by atoms with van der Waals surface area (Å²) in [6.45, 7) is 1.63. The van der Waals surface area contributed by atoms with Crippen LogP contribution in [0.4, 0.5) is 4.39 Å². The van der Waals surface area contributed by atoms with E-state index in [1.165, 1.54) is 23.8 Å². The van der Waals surface area contributed by atoms with Crippen molar-refractivity contribution in [3.63, 3.8) is 0 Å². The van der Waals surface area contributed by atoms with Crippen LogP contribution in [0.5, 0.6) is 5.75 Å². The Morgan fingerprint density at radius 3 is 2.54 bits per heavy atom. The molecule has 2 aromatic carbocycles. The predicted molar refractivity (Wildman–Crippen MR) is 97.8 cm³/mol. The van der Waals surface area contributed by atoms with E-state index in [4.69, 9.17) is 9.47 Å². The molecule has 2 rings (SSSR count). The van der Waals surface area contributed by atoms with Gasteiger partial charge in [-0.2, -0.15) is 0 Å². The number of halogens is 1. The van der Waals surface area contributed by atoms with E-state index in [0.29, 0.717) is 12.3 Å². The highest BCUT2D eigenvalue weighted by Gasteiger charge is 2.10. The number of rotatable bonds is 9. The Morgan fingerprint density at radius 1 is 1.08 bits per heavy atom. The van der Waals surface area contributed by atoms with Crippen molar-refractivity contribution >= 4 is 23.6 Å². The van der Waals surface area contributed by atoms with Crippen molar-refractivity contribution in [2.45, 2.75) is 11.8 Å². The number of carbonyl (C=O) groups excluding carboxylic acids is 2. The number of para-hydroxylation sites is 1. The molecule has 0 aliphatic heterocycles. The summed E-state index contributed by atoms with van der Waals surface area (Å²) in [7, 11) is 0. The molecule has 0 heterocycles. The fourth-order valence-corrected chi connectivity index (χ4v) is 2.70. The minimum atomic E-state index is -0.738. The van der Waals surface area contributed by atoms with E-state index in [9.17, 15) is 14.0 Å². The summed E-state index contributed by atoms with van der Waals surface area (Å²) in [5.41, 5.74) is 1.20. The Labute approximate surface area is 155 Å². The van der Waals surface area contributed by atoms with Gasteiger partial charge in [0.15, 0.2) is 24.8 Å². The number of amides is 1. The zero-order valence-electron chi connectivity index (χ0n) is 14.4. The molecule has 0 spiro atoms. The van der Waals surface area contributed by atoms with Crippen LogP contribution in [0.1, 0.15) is 5.56 Å². The van der Waals surface area contributed by atoms with Crippen molar-refractivity contribution in [1.82, 2.24) is 5.32 Å². The zero-order chi connectivity index (χ0) is 18.8. The van der Waals surface area contributed by atoms with Crippen LogP contribution in [-0.4, -0.2) is 37.4 Å². The van der Waals surface area contributed by atoms with Crippen LogP contribution in [-0.2, 0) is 14.3 Å². The van der Waals surface area contributed by atoms with Crippen LogP contribution < -0.4 is 10.1 Å². The first-order chi connectivity index (χ1) is 12.5. The third-order valence-electron chi connectivity index (χ3n) is 3.26. The maximum absolute atomic E-state index is 13.3. The first-order valence-corrected chi connectivity index (χ1v) is 9.02. The Morgan fingerprint density at radius 2 is 1.81 bits per heavy atom. The maximum atomic E-state index is 13.3. The van der Waals surface area contributed by atoms with Gasteiger partial charge in [0.05, 0.1) is 0 Å². The number of hydrogen-bond donors (Lipinski definition) is 1. The molecule has 138 valence electrons. The van der Waals surface area contributed by atoms with Gasteiger partial charge in [0, 0.05) is 17.2 Å². The van der Waals surface area contributed by atoms with Crippen LogP contribution in [0, 0.1) is 12.7 Å². The molecule has 1 N–H and O–H groups in total. The van der Waals surface area contributed by atoms with Gasteiger partial charge < -0.3 is 14.8 Å². The van der Waals surface area contributed by atoms with Crippen molar-refractivity contribution in [2.24, 2.45) is 0 Å². The lowest BCUT2D eigenvalue weighted by Crippen LogP contribution is -2.31. The second kappa shape index (κ2) is 10.5. The average Bonchev–Trinajstić information content (AvgIpc) is 2.64. The molecule has 5 nitrogen and oxygen atoms in total. The Kier molecular flexibility index (Phi) is 7.95. The number of benzene rings is 2. The van der Waals surface area contributed by atoms with Gasteiger partial charge in [-0.25, -0.2) is 9.18 Å². The average molecular weight is 377 g/mol. The number of hydrogen-bond acceptors (Lipinski definition) is 5. The van der Waals surface area contributed by atoms with Crippen molar-refractivity contribution in [3.8, 4) is 5.75 Å². The van der Waals surface area contributed by atoms with Crippen LogP contribution in [0.15, 0.2) is 53.4 Å². The molecule has 0 saturated heterocycles. The first-order valence-electron chi connectivity index (χ1n) is 8.04. The van der Waals surface area contributed by atoms with Crippen molar-refractivity contribution in [2.75, 3.05) is 25.5 Å². The van der Waals surface area contributed by atoms with Crippen LogP contribution in [0.3, 0.4) is 0 Å². The predicted octanol–water partition coefficient (Wildman–Crippen LogP) is 2.96. The van der Waals surface area contributed by atoms with Gasteiger partial charge in [-0.15, -0.1) is 11.8 Å². The third-order valence-corrected chi connectivity index (χ3v) is 4.27. The zero-order valence-corrected chi connectivity index (χ0v) is 15.2. The summed E-state index contributed by atoms with van der Waals surface area (Å²) in [6.07, 6.45) is 0. The molecule has 0 radical (unpaired) electrons. The number of nitrogens with one attached hydrogen (secondary N) is 1. The summed E-state index contributed by atoms with van der Waals surface area (Å²) in [6, 6.07) is 13.9. The van der Waals surface area contributed by atoms with Gasteiger partial charge in [0.1, 0.15) is 0 Å². The quantitative estimate of drug-likeness (QED) is 0.414. The number of ether oxygens (including phenoxy) is 2. The molecule has 0 saturated carbocycles. The standard InChI is InChI=1S/C19H20FNO4S/c1-14-6-8-15(9-7-14)26-11-10-21-18(22)12-25-19(23)13-24-17-5-3-2-4-16(17)20/h2-9H,10-13H2,1H3,(H,21,22). The lowest BCUT2D eigenvalue weighted by molar-refractivity contribution is -0.150. The largest absolute Gasteiger partial charge is 0.479 e. The number of thioether (sulfide) groups is 1. The molecule has 7 heteroatoms. The maximum Gasteiger partial charge on any atom is 0.344 e. The highest BCUT2D eigenvalue weighted by Crippen LogP contribution is 2.17. The molecule has 0 aliphatic rings. The molecule has 0 aliphatic carbocycles. The summed E-state index contributed by atoms with van der Waals surface area (Å²) in [4.78, 5) is 24.3. The molecule has 0 bridgehead atoms. The monoisotopic (exact) mass is 377 g/mol. The molecule has 1 amide bonds. The van der Waals surface area contributed by atoms with Crippen LogP contribution >= 0.6 is 11.8 Å². The second-order valence-corrected chi connectivity index (χ2v) is 6.56. The molecule has 0 fully saturated rings. The summed E-state index contributed by atoms with van der Waals surface area (Å²) < 4.78 is 23.1. The van der Waals surface area contributed by atoms with E-state index < -0.39 is 30.9 Å². The minimum Gasteiger partial charge on any atom is -0.479 e. The van der Waals surface area contributed by atoms with E-state index in [1.54, 1.807) is 17.8 Å². The lowest BCUT2D eigenvalue weighted by Gasteiger charge is -2.08. The molecular formula is C19H20FNO4S. The molecule has 0 unspecified atom stereocenters. The highest BCUT2D eigenvalue weighted by atomic mass is 32.2. The fourth-order valence-electron chi connectivity index (χ4n) is 1.93. The van der Waals surface area contributed by atoms with E-state index >= 15 is 0 Å². The van der Waals surface area contributed by atoms with Crippen LogP contribution in [0.25, 0.3) is 0 Å². The topological polar surface area (TPSA) is 64.6 Å². The van der Waals surface area contributed by atoms with Gasteiger partial charge in [0.25, 0.3) is 5.91 Å². The van der Waals surface area contributed by atoms with Gasteiger partial charge >= 0.3 is 5.97 Å². The SMILES string of the molecule is Cc1ccc(SCCNC(=O)COC(=O)COc2ccccc2F)cc1. The van der Waals surface area contributed by atoms with Gasteiger partial charge in [-0.3, -0.25) is 4.79 Å². The van der Waals surface area contributed by atoms with Crippen LogP contribution in [0.2, 0.25) is 0 Å². The Hall–Kier alpha value is -2.54. The Balaban J connectivity index is 1.57. The fraction of sp³-hybridized carbons (Fsp3) is 0.263. The number of esters is 1. The summed E-state index contributed by atoms with van der Waals surface area (Å²) in [5.74, 6) is -1.03. The summed E-state index contributed by atoms with van der Waals surface area (Å²) >= 11 is 1.62. The Bertz CT molecular complexity index is 737. The molecule has 0 aromatic heterocycles. The molecule has 26 heavy (non-hydrogen) atoms. The molecular weight excluding hydrogens is 357 g/mol. The normalized spacial score (nSPS) is 10.2. The van der Waals surface area contributed by atoms with E-state index in [-0.39, 0.29) is 5.75 Å².